The molecular formula is C34H32F3N5O4. The zero-order chi connectivity index (χ0) is 31.7. The van der Waals surface area contributed by atoms with Gasteiger partial charge in [0.15, 0.2) is 5.82 Å². The molecule has 2 aromatic carbocycles. The predicted molar refractivity (Wildman–Crippen MR) is 165 cm³/mol. The number of pyridine rings is 1. The van der Waals surface area contributed by atoms with Gasteiger partial charge in [0.1, 0.15) is 53.4 Å². The predicted octanol–water partition coefficient (Wildman–Crippen LogP) is 5.00. The molecule has 0 amide bonds. The number of anilines is 1. The van der Waals surface area contributed by atoms with Gasteiger partial charge in [0.25, 0.3) is 0 Å². The summed E-state index contributed by atoms with van der Waals surface area (Å²) < 4.78 is 64.8. The SMILES string of the molecule is C#Cc1c(F)ccc2cc(O)cc(-c3nc4c5c(nc(OC[C@@]67CCCN6C[C@H](F)C7)nc5c3F)N3C[C@@H](C)COC[C@H]3CO4)c12. The molecule has 8 rings (SSSR count). The topological polar surface area (TPSA) is 93.1 Å². The van der Waals surface area contributed by atoms with Gasteiger partial charge >= 0.3 is 6.01 Å². The van der Waals surface area contributed by atoms with Crippen LogP contribution in [0.25, 0.3) is 32.9 Å². The first kappa shape index (κ1) is 29.1. The lowest BCUT2D eigenvalue weighted by Crippen LogP contribution is -2.44. The van der Waals surface area contributed by atoms with Gasteiger partial charge in [-0.25, -0.2) is 18.2 Å². The number of terminal acetylenes is 1. The number of benzene rings is 2. The van der Waals surface area contributed by atoms with Crippen molar-refractivity contribution < 1.29 is 32.5 Å². The van der Waals surface area contributed by atoms with Crippen molar-refractivity contribution in [1.29, 1.82) is 0 Å². The first-order valence-corrected chi connectivity index (χ1v) is 15.6. The van der Waals surface area contributed by atoms with Crippen LogP contribution in [0.15, 0.2) is 24.3 Å². The molecule has 2 aromatic heterocycles. The summed E-state index contributed by atoms with van der Waals surface area (Å²) in [5.74, 6) is 1.31. The van der Waals surface area contributed by atoms with E-state index < -0.39 is 23.3 Å². The quantitative estimate of drug-likeness (QED) is 0.313. The van der Waals surface area contributed by atoms with Gasteiger partial charge in [-0.3, -0.25) is 4.90 Å². The fourth-order valence-electron chi connectivity index (χ4n) is 7.66. The third kappa shape index (κ3) is 4.59. The summed E-state index contributed by atoms with van der Waals surface area (Å²) in [5.41, 5.74) is -0.800. The number of halogens is 3. The Morgan fingerprint density at radius 1 is 1.13 bits per heavy atom. The minimum Gasteiger partial charge on any atom is -0.508 e. The smallest absolute Gasteiger partial charge is 0.319 e. The Kier molecular flexibility index (Phi) is 6.88. The summed E-state index contributed by atoms with van der Waals surface area (Å²) in [7, 11) is 0. The second kappa shape index (κ2) is 10.9. The van der Waals surface area contributed by atoms with E-state index in [2.05, 4.69) is 27.7 Å². The summed E-state index contributed by atoms with van der Waals surface area (Å²) in [6.07, 6.45) is 6.85. The molecule has 4 aliphatic heterocycles. The van der Waals surface area contributed by atoms with Crippen molar-refractivity contribution in [2.45, 2.75) is 43.9 Å². The van der Waals surface area contributed by atoms with Crippen molar-refractivity contribution in [1.82, 2.24) is 19.9 Å². The van der Waals surface area contributed by atoms with Crippen LogP contribution < -0.4 is 14.4 Å². The van der Waals surface area contributed by atoms with Crippen molar-refractivity contribution in [3.63, 3.8) is 0 Å². The van der Waals surface area contributed by atoms with Gasteiger partial charge in [0, 0.05) is 30.5 Å². The largest absolute Gasteiger partial charge is 0.508 e. The number of phenolic OH excluding ortho intramolecular Hbond substituents is 1. The molecule has 0 unspecified atom stereocenters. The molecule has 4 aromatic rings. The van der Waals surface area contributed by atoms with Crippen LogP contribution >= 0.6 is 0 Å². The molecule has 9 nitrogen and oxygen atoms in total. The minimum atomic E-state index is -0.939. The second-order valence-corrected chi connectivity index (χ2v) is 12.9. The summed E-state index contributed by atoms with van der Waals surface area (Å²) >= 11 is 0. The molecular weight excluding hydrogens is 599 g/mol. The maximum atomic E-state index is 17.0. The highest BCUT2D eigenvalue weighted by molar-refractivity contribution is 6.04. The highest BCUT2D eigenvalue weighted by Gasteiger charge is 2.49. The lowest BCUT2D eigenvalue weighted by atomic mass is 9.95. The van der Waals surface area contributed by atoms with Gasteiger partial charge in [-0.1, -0.05) is 18.9 Å². The lowest BCUT2D eigenvalue weighted by Gasteiger charge is -2.31. The van der Waals surface area contributed by atoms with E-state index in [0.29, 0.717) is 43.9 Å². The molecule has 46 heavy (non-hydrogen) atoms. The molecule has 12 heteroatoms. The monoisotopic (exact) mass is 631 g/mol. The number of aromatic hydroxyl groups is 1. The average Bonchev–Trinajstić information content (AvgIpc) is 3.43. The van der Waals surface area contributed by atoms with Crippen LogP contribution in [0.5, 0.6) is 17.6 Å². The molecule has 0 bridgehead atoms. The number of alkyl halides is 1. The van der Waals surface area contributed by atoms with Gasteiger partial charge in [0.2, 0.25) is 5.88 Å². The number of hydrogen-bond donors (Lipinski definition) is 1. The number of fused-ring (bicyclic) bond motifs is 4. The summed E-state index contributed by atoms with van der Waals surface area (Å²) in [4.78, 5) is 18.1. The van der Waals surface area contributed by atoms with E-state index >= 15 is 4.39 Å². The maximum Gasteiger partial charge on any atom is 0.319 e. The molecule has 6 heterocycles. The average molecular weight is 632 g/mol. The van der Waals surface area contributed by atoms with E-state index in [1.807, 2.05) is 4.90 Å². The molecule has 4 atom stereocenters. The van der Waals surface area contributed by atoms with E-state index in [-0.39, 0.29) is 75.9 Å². The summed E-state index contributed by atoms with van der Waals surface area (Å²) in [6.45, 7) is 5.01. The number of phenols is 1. The highest BCUT2D eigenvalue weighted by Crippen LogP contribution is 2.44. The van der Waals surface area contributed by atoms with Crippen LogP contribution in [0.4, 0.5) is 19.0 Å². The maximum absolute atomic E-state index is 17.0. The Morgan fingerprint density at radius 2 is 2.00 bits per heavy atom. The third-order valence-corrected chi connectivity index (χ3v) is 9.74. The summed E-state index contributed by atoms with van der Waals surface area (Å²) in [6, 6.07) is 5.08. The fraction of sp³-hybridized carbons (Fsp3) is 0.441. The minimum absolute atomic E-state index is 0.0531. The number of rotatable bonds is 4. The Labute approximate surface area is 263 Å². The van der Waals surface area contributed by atoms with Crippen molar-refractivity contribution in [2.24, 2.45) is 5.92 Å². The van der Waals surface area contributed by atoms with Crippen LogP contribution in [-0.4, -0.2) is 88.8 Å². The van der Waals surface area contributed by atoms with E-state index in [0.717, 1.165) is 19.4 Å². The molecule has 0 spiro atoms. The first-order chi connectivity index (χ1) is 22.2. The fourth-order valence-corrected chi connectivity index (χ4v) is 7.66. The standard InChI is InChI=1S/C34H32F3N5O4/c1-3-23-25(36)6-5-19-9-22(43)10-24(26(19)23)29-28(37)30-27-31(42-12-18(2)14-44-15-21(42)16-45-32(27)38-29)40-33(39-30)46-17-34-7-4-8-41(34)13-20(35)11-34/h1,5-6,9-10,18,20-21,43H,4,7-8,11-17H2,2H3/t18-,20-,21+,34+/m1/s1. The Balaban J connectivity index is 1.34. The molecule has 0 aliphatic carbocycles. The Bertz CT molecular complexity index is 1940. The Morgan fingerprint density at radius 3 is 2.85 bits per heavy atom. The number of nitrogens with zero attached hydrogens (tertiary/aromatic N) is 5. The molecule has 0 saturated carbocycles. The second-order valence-electron chi connectivity index (χ2n) is 12.9. The van der Waals surface area contributed by atoms with Gasteiger partial charge in [-0.05, 0) is 48.9 Å². The Hall–Kier alpha value is -4.34. The molecule has 1 N–H and O–H groups in total. The van der Waals surface area contributed by atoms with E-state index in [1.165, 1.54) is 24.3 Å². The van der Waals surface area contributed by atoms with Crippen molar-refractivity contribution in [2.75, 3.05) is 51.0 Å². The zero-order valence-corrected chi connectivity index (χ0v) is 25.2. The molecule has 0 radical (unpaired) electrons. The highest BCUT2D eigenvalue weighted by atomic mass is 19.1. The lowest BCUT2D eigenvalue weighted by molar-refractivity contribution is 0.103. The number of ether oxygens (including phenoxy) is 3. The van der Waals surface area contributed by atoms with Crippen LogP contribution in [0.3, 0.4) is 0 Å². The summed E-state index contributed by atoms with van der Waals surface area (Å²) in [5, 5.41) is 11.5. The van der Waals surface area contributed by atoms with Crippen molar-refractivity contribution >= 4 is 27.5 Å². The third-order valence-electron chi connectivity index (χ3n) is 9.74. The van der Waals surface area contributed by atoms with Crippen LogP contribution in [0, 0.1) is 29.9 Å². The van der Waals surface area contributed by atoms with Gasteiger partial charge in [-0.15, -0.1) is 6.42 Å². The van der Waals surface area contributed by atoms with Gasteiger partial charge < -0.3 is 24.2 Å². The van der Waals surface area contributed by atoms with Crippen LogP contribution in [-0.2, 0) is 4.74 Å². The molecule has 3 fully saturated rings. The van der Waals surface area contributed by atoms with E-state index in [1.54, 1.807) is 0 Å². The molecule has 4 aliphatic rings. The van der Waals surface area contributed by atoms with Gasteiger partial charge in [0.05, 0.1) is 30.4 Å². The van der Waals surface area contributed by atoms with E-state index in [9.17, 15) is 13.9 Å². The van der Waals surface area contributed by atoms with Crippen molar-refractivity contribution in [3.8, 4) is 41.2 Å². The van der Waals surface area contributed by atoms with E-state index in [4.69, 9.17) is 25.6 Å². The first-order valence-electron chi connectivity index (χ1n) is 15.6. The van der Waals surface area contributed by atoms with Crippen LogP contribution in [0.1, 0.15) is 31.7 Å². The molecule has 3 saturated heterocycles. The molecule has 238 valence electrons. The van der Waals surface area contributed by atoms with Gasteiger partial charge in [-0.2, -0.15) is 9.97 Å². The van der Waals surface area contributed by atoms with Crippen LogP contribution in [0.2, 0.25) is 0 Å². The number of aromatic nitrogens is 3. The number of hydrogen-bond acceptors (Lipinski definition) is 9. The normalized spacial score (nSPS) is 25.9. The zero-order valence-electron chi connectivity index (χ0n) is 25.2. The van der Waals surface area contributed by atoms with Crippen molar-refractivity contribution in [3.05, 3.63) is 41.5 Å².